The lowest BCUT2D eigenvalue weighted by Gasteiger charge is -2.18. The lowest BCUT2D eigenvalue weighted by molar-refractivity contribution is -0.143. The molecule has 1 aromatic carbocycles. The summed E-state index contributed by atoms with van der Waals surface area (Å²) in [5, 5.41) is 5.24. The van der Waals surface area contributed by atoms with Crippen LogP contribution in [0.15, 0.2) is 24.3 Å². The molecule has 2 N–H and O–H groups in total. The Bertz CT molecular complexity index is 646. The summed E-state index contributed by atoms with van der Waals surface area (Å²) in [7, 11) is 1.39. The fraction of sp³-hybridized carbons (Fsp3) is 0.556. The molecule has 6 nitrogen and oxygen atoms in total. The molecule has 1 aromatic rings. The van der Waals surface area contributed by atoms with E-state index in [-0.39, 0.29) is 19.0 Å². The number of amides is 3. The minimum absolute atomic E-state index is 0.0516. The Kier molecular flexibility index (Phi) is 7.46. The van der Waals surface area contributed by atoms with Crippen molar-refractivity contribution in [2.45, 2.75) is 25.4 Å². The molecule has 9 heteroatoms. The molecular formula is C18H25F3N4O2. The molecule has 3 amide bonds. The van der Waals surface area contributed by atoms with Gasteiger partial charge >= 0.3 is 12.2 Å². The van der Waals surface area contributed by atoms with Crippen molar-refractivity contribution in [3.63, 3.8) is 0 Å². The van der Waals surface area contributed by atoms with Gasteiger partial charge in [-0.2, -0.15) is 13.2 Å². The number of likely N-dealkylation sites (tertiary alicyclic amines) is 1. The van der Waals surface area contributed by atoms with Crippen LogP contribution in [0.2, 0.25) is 0 Å². The quantitative estimate of drug-likeness (QED) is 0.709. The van der Waals surface area contributed by atoms with Gasteiger partial charge in [0.05, 0.1) is 6.54 Å². The molecule has 0 atom stereocenters. The topological polar surface area (TPSA) is 64.7 Å². The van der Waals surface area contributed by atoms with Crippen molar-refractivity contribution < 1.29 is 22.8 Å². The van der Waals surface area contributed by atoms with Gasteiger partial charge in [0.15, 0.2) is 0 Å². The maximum atomic E-state index is 12.4. The second-order valence-electron chi connectivity index (χ2n) is 6.67. The van der Waals surface area contributed by atoms with Crippen LogP contribution in [-0.4, -0.2) is 67.7 Å². The SMILES string of the molecule is CN(CCCNC(=O)Nc1cccc(C(=O)N2CCCC2)c1)CC(F)(F)F. The Morgan fingerprint density at radius 2 is 1.93 bits per heavy atom. The maximum absolute atomic E-state index is 12.4. The zero-order valence-electron chi connectivity index (χ0n) is 15.3. The van der Waals surface area contributed by atoms with Crippen LogP contribution in [0.25, 0.3) is 0 Å². The Morgan fingerprint density at radius 3 is 2.59 bits per heavy atom. The fourth-order valence-electron chi connectivity index (χ4n) is 2.94. The zero-order valence-corrected chi connectivity index (χ0v) is 15.3. The van der Waals surface area contributed by atoms with E-state index >= 15 is 0 Å². The highest BCUT2D eigenvalue weighted by Crippen LogP contribution is 2.17. The number of urea groups is 1. The highest BCUT2D eigenvalue weighted by atomic mass is 19.4. The second-order valence-corrected chi connectivity index (χ2v) is 6.67. The number of benzene rings is 1. The Morgan fingerprint density at radius 1 is 1.22 bits per heavy atom. The van der Waals surface area contributed by atoms with Gasteiger partial charge in [0.2, 0.25) is 0 Å². The molecule has 0 unspecified atom stereocenters. The van der Waals surface area contributed by atoms with Crippen molar-refractivity contribution in [3.05, 3.63) is 29.8 Å². The summed E-state index contributed by atoms with van der Waals surface area (Å²) in [4.78, 5) is 27.2. The molecule has 1 aliphatic heterocycles. The summed E-state index contributed by atoms with van der Waals surface area (Å²) in [6.45, 7) is 0.997. The minimum Gasteiger partial charge on any atom is -0.339 e. The molecule has 27 heavy (non-hydrogen) atoms. The molecule has 0 spiro atoms. The third-order valence-corrected chi connectivity index (χ3v) is 4.21. The van der Waals surface area contributed by atoms with Crippen LogP contribution in [0.1, 0.15) is 29.6 Å². The van der Waals surface area contributed by atoms with E-state index in [0.29, 0.717) is 17.7 Å². The fourth-order valence-corrected chi connectivity index (χ4v) is 2.94. The molecule has 2 rings (SSSR count). The molecule has 0 aliphatic carbocycles. The first-order valence-corrected chi connectivity index (χ1v) is 8.94. The van der Waals surface area contributed by atoms with Crippen LogP contribution in [0.4, 0.5) is 23.7 Å². The predicted molar refractivity (Wildman–Crippen MR) is 96.8 cm³/mol. The summed E-state index contributed by atoms with van der Waals surface area (Å²) < 4.78 is 36.7. The van der Waals surface area contributed by atoms with Gasteiger partial charge in [-0.15, -0.1) is 0 Å². The van der Waals surface area contributed by atoms with Gasteiger partial charge in [0.1, 0.15) is 0 Å². The van der Waals surface area contributed by atoms with Gasteiger partial charge in [0.25, 0.3) is 5.91 Å². The van der Waals surface area contributed by atoms with Crippen LogP contribution in [0, 0.1) is 0 Å². The van der Waals surface area contributed by atoms with E-state index in [1.807, 2.05) is 0 Å². The number of halogens is 3. The number of carbonyl (C=O) groups excluding carboxylic acids is 2. The van der Waals surface area contributed by atoms with E-state index in [2.05, 4.69) is 10.6 Å². The Labute approximate surface area is 156 Å². The standard InChI is InChI=1S/C18H25F3N4O2/c1-24(13-18(19,20)21)9-5-8-22-17(27)23-15-7-4-6-14(12-15)16(26)25-10-2-3-11-25/h4,6-7,12H,2-3,5,8-11,13H2,1H3,(H2,22,23,27). The summed E-state index contributed by atoms with van der Waals surface area (Å²) in [6.07, 6.45) is -1.82. The molecular weight excluding hydrogens is 361 g/mol. The van der Waals surface area contributed by atoms with Crippen molar-refractivity contribution in [1.29, 1.82) is 0 Å². The summed E-state index contributed by atoms with van der Waals surface area (Å²) >= 11 is 0. The molecule has 0 aromatic heterocycles. The molecule has 1 aliphatic rings. The van der Waals surface area contributed by atoms with Gasteiger partial charge in [0, 0.05) is 30.9 Å². The molecule has 1 saturated heterocycles. The normalized spacial score (nSPS) is 14.5. The largest absolute Gasteiger partial charge is 0.401 e. The highest BCUT2D eigenvalue weighted by molar-refractivity contribution is 5.97. The molecule has 0 bridgehead atoms. The van der Waals surface area contributed by atoms with E-state index in [9.17, 15) is 22.8 Å². The first kappa shape index (κ1) is 21.0. The Balaban J connectivity index is 1.74. The van der Waals surface area contributed by atoms with E-state index in [0.717, 1.165) is 30.8 Å². The summed E-state index contributed by atoms with van der Waals surface area (Å²) in [5.74, 6) is -0.0516. The smallest absolute Gasteiger partial charge is 0.339 e. The van der Waals surface area contributed by atoms with Crippen molar-refractivity contribution in [2.75, 3.05) is 45.1 Å². The predicted octanol–water partition coefficient (Wildman–Crippen LogP) is 2.93. The first-order valence-electron chi connectivity index (χ1n) is 8.94. The number of anilines is 1. The van der Waals surface area contributed by atoms with Gasteiger partial charge in [-0.25, -0.2) is 4.79 Å². The average Bonchev–Trinajstić information content (AvgIpc) is 3.11. The van der Waals surface area contributed by atoms with Crippen LogP contribution >= 0.6 is 0 Å². The first-order chi connectivity index (χ1) is 12.7. The van der Waals surface area contributed by atoms with E-state index < -0.39 is 18.8 Å². The molecule has 1 heterocycles. The minimum atomic E-state index is -4.23. The van der Waals surface area contributed by atoms with E-state index in [1.165, 1.54) is 7.05 Å². The zero-order chi connectivity index (χ0) is 19.9. The van der Waals surface area contributed by atoms with Crippen molar-refractivity contribution in [3.8, 4) is 0 Å². The van der Waals surface area contributed by atoms with Gasteiger partial charge in [-0.05, 0) is 51.1 Å². The van der Waals surface area contributed by atoms with Gasteiger partial charge in [-0.1, -0.05) is 6.07 Å². The highest BCUT2D eigenvalue weighted by Gasteiger charge is 2.28. The number of nitrogens with one attached hydrogen (secondary N) is 2. The van der Waals surface area contributed by atoms with Crippen molar-refractivity contribution in [1.82, 2.24) is 15.1 Å². The number of alkyl halides is 3. The molecule has 150 valence electrons. The van der Waals surface area contributed by atoms with E-state index in [1.54, 1.807) is 29.2 Å². The third kappa shape index (κ3) is 7.46. The third-order valence-electron chi connectivity index (χ3n) is 4.21. The lowest BCUT2D eigenvalue weighted by atomic mass is 10.2. The summed E-state index contributed by atoms with van der Waals surface area (Å²) in [6, 6.07) is 6.25. The van der Waals surface area contributed by atoms with Crippen LogP contribution in [0.3, 0.4) is 0 Å². The number of rotatable bonds is 7. The molecule has 0 radical (unpaired) electrons. The number of nitrogens with zero attached hydrogens (tertiary/aromatic N) is 2. The molecule has 1 fully saturated rings. The number of hydrogen-bond acceptors (Lipinski definition) is 3. The maximum Gasteiger partial charge on any atom is 0.401 e. The number of carbonyl (C=O) groups is 2. The van der Waals surface area contributed by atoms with Crippen molar-refractivity contribution in [2.24, 2.45) is 0 Å². The summed E-state index contributed by atoms with van der Waals surface area (Å²) in [5.41, 5.74) is 1.01. The van der Waals surface area contributed by atoms with Crippen LogP contribution < -0.4 is 10.6 Å². The van der Waals surface area contributed by atoms with Gasteiger partial charge in [-0.3, -0.25) is 9.69 Å². The van der Waals surface area contributed by atoms with E-state index in [4.69, 9.17) is 0 Å². The van der Waals surface area contributed by atoms with Gasteiger partial charge < -0.3 is 15.5 Å². The van der Waals surface area contributed by atoms with Crippen molar-refractivity contribution >= 4 is 17.6 Å². The molecule has 0 saturated carbocycles. The van der Waals surface area contributed by atoms with Crippen LogP contribution in [-0.2, 0) is 0 Å². The second kappa shape index (κ2) is 9.59. The van der Waals surface area contributed by atoms with Crippen LogP contribution in [0.5, 0.6) is 0 Å². The number of hydrogen-bond donors (Lipinski definition) is 2. The Hall–Kier alpha value is -2.29. The average molecular weight is 386 g/mol. The monoisotopic (exact) mass is 386 g/mol. The lowest BCUT2D eigenvalue weighted by Crippen LogP contribution is -2.35.